The van der Waals surface area contributed by atoms with Gasteiger partial charge in [-0.25, -0.2) is 9.37 Å². The molecule has 0 amide bonds. The summed E-state index contributed by atoms with van der Waals surface area (Å²) in [7, 11) is 1.64. The Morgan fingerprint density at radius 2 is 2.10 bits per heavy atom. The van der Waals surface area contributed by atoms with Crippen molar-refractivity contribution in [1.82, 2.24) is 4.98 Å². The monoisotopic (exact) mass is 352 g/mol. The van der Waals surface area contributed by atoms with E-state index in [0.29, 0.717) is 4.47 Å². The van der Waals surface area contributed by atoms with E-state index < -0.39 is 0 Å². The highest BCUT2D eigenvalue weighted by Crippen LogP contribution is 2.33. The summed E-state index contributed by atoms with van der Waals surface area (Å²) in [4.78, 5) is 4.48. The number of benzene rings is 2. The van der Waals surface area contributed by atoms with Gasteiger partial charge in [0.2, 0.25) is 0 Å². The van der Waals surface area contributed by atoms with Gasteiger partial charge in [0.15, 0.2) is 5.13 Å². The van der Waals surface area contributed by atoms with E-state index in [0.717, 1.165) is 26.8 Å². The number of hydrogen-bond donors (Lipinski definition) is 1. The first kappa shape index (κ1) is 13.3. The summed E-state index contributed by atoms with van der Waals surface area (Å²) in [5.41, 5.74) is 1.67. The molecule has 0 radical (unpaired) electrons. The van der Waals surface area contributed by atoms with Gasteiger partial charge in [0.25, 0.3) is 0 Å². The number of ether oxygens (including phenoxy) is 1. The molecule has 0 fully saturated rings. The zero-order chi connectivity index (χ0) is 14.1. The second-order valence-corrected chi connectivity index (χ2v) is 5.99. The van der Waals surface area contributed by atoms with Crippen LogP contribution in [0.25, 0.3) is 10.2 Å². The molecule has 0 saturated carbocycles. The fraction of sp³-hybridized carbons (Fsp3) is 0.0714. The van der Waals surface area contributed by atoms with Crippen LogP contribution in [0.15, 0.2) is 40.9 Å². The van der Waals surface area contributed by atoms with Crippen molar-refractivity contribution < 1.29 is 9.13 Å². The van der Waals surface area contributed by atoms with Gasteiger partial charge in [0.1, 0.15) is 11.6 Å². The Kier molecular flexibility index (Phi) is 3.58. The topological polar surface area (TPSA) is 34.1 Å². The molecule has 0 spiro atoms. The number of nitrogens with one attached hydrogen (secondary N) is 1. The highest BCUT2D eigenvalue weighted by Gasteiger charge is 2.07. The van der Waals surface area contributed by atoms with Crippen LogP contribution in [0.3, 0.4) is 0 Å². The molecule has 0 aliphatic heterocycles. The predicted octanol–water partition coefficient (Wildman–Crippen LogP) is 4.95. The van der Waals surface area contributed by atoms with Crippen LogP contribution in [0, 0.1) is 5.82 Å². The molecule has 1 N–H and O–H groups in total. The summed E-state index contributed by atoms with van der Waals surface area (Å²) in [5.74, 6) is 0.520. The molecule has 102 valence electrons. The number of thiazole rings is 1. The number of fused-ring (bicyclic) bond motifs is 1. The van der Waals surface area contributed by atoms with Gasteiger partial charge in [-0.3, -0.25) is 0 Å². The van der Waals surface area contributed by atoms with Crippen molar-refractivity contribution in [2.45, 2.75) is 0 Å². The lowest BCUT2D eigenvalue weighted by atomic mass is 10.3. The molecule has 3 rings (SSSR count). The highest BCUT2D eigenvalue weighted by molar-refractivity contribution is 9.10. The summed E-state index contributed by atoms with van der Waals surface area (Å²) in [5, 5.41) is 3.93. The molecule has 0 saturated heterocycles. The van der Waals surface area contributed by atoms with Gasteiger partial charge in [0, 0.05) is 4.47 Å². The minimum Gasteiger partial charge on any atom is -0.497 e. The minimum atomic E-state index is -0.281. The van der Waals surface area contributed by atoms with E-state index in [-0.39, 0.29) is 5.82 Å². The molecule has 20 heavy (non-hydrogen) atoms. The summed E-state index contributed by atoms with van der Waals surface area (Å²) in [6.07, 6.45) is 0. The lowest BCUT2D eigenvalue weighted by Crippen LogP contribution is -1.90. The van der Waals surface area contributed by atoms with Crippen LogP contribution in [0.1, 0.15) is 0 Å². The smallest absolute Gasteiger partial charge is 0.188 e. The largest absolute Gasteiger partial charge is 0.497 e. The standard InChI is InChI=1S/C14H10BrFN2OS/c1-19-9-3-5-12-13(7-9)20-14(18-12)17-11-4-2-8(16)6-10(11)15/h2-7H,1H3,(H,17,18). The lowest BCUT2D eigenvalue weighted by Gasteiger charge is -2.04. The molecule has 0 aliphatic rings. The molecule has 3 aromatic rings. The lowest BCUT2D eigenvalue weighted by molar-refractivity contribution is 0.415. The molecule has 0 bridgehead atoms. The number of aromatic nitrogens is 1. The average Bonchev–Trinajstić information content (AvgIpc) is 2.83. The van der Waals surface area contributed by atoms with Crippen molar-refractivity contribution in [2.75, 3.05) is 12.4 Å². The SMILES string of the molecule is COc1ccc2nc(Nc3ccc(F)cc3Br)sc2c1. The summed E-state index contributed by atoms with van der Waals surface area (Å²) >= 11 is 4.84. The van der Waals surface area contributed by atoms with Crippen molar-refractivity contribution in [2.24, 2.45) is 0 Å². The molecule has 6 heteroatoms. The molecule has 0 atom stereocenters. The third-order valence-corrected chi connectivity index (χ3v) is 4.36. The Morgan fingerprint density at radius 3 is 2.85 bits per heavy atom. The zero-order valence-corrected chi connectivity index (χ0v) is 12.9. The minimum absolute atomic E-state index is 0.281. The Balaban J connectivity index is 1.94. The number of rotatable bonds is 3. The summed E-state index contributed by atoms with van der Waals surface area (Å²) in [6.45, 7) is 0. The third kappa shape index (κ3) is 2.62. The number of anilines is 2. The first-order valence-electron chi connectivity index (χ1n) is 5.82. The Morgan fingerprint density at radius 1 is 1.25 bits per heavy atom. The van der Waals surface area contributed by atoms with E-state index >= 15 is 0 Å². The van der Waals surface area contributed by atoms with Crippen molar-refractivity contribution in [3.05, 3.63) is 46.7 Å². The van der Waals surface area contributed by atoms with Crippen molar-refractivity contribution >= 4 is 48.3 Å². The molecule has 0 unspecified atom stereocenters. The van der Waals surface area contributed by atoms with Crippen molar-refractivity contribution in [3.63, 3.8) is 0 Å². The van der Waals surface area contributed by atoms with E-state index in [4.69, 9.17) is 4.74 Å². The summed E-state index contributed by atoms with van der Waals surface area (Å²) < 4.78 is 19.9. The normalized spacial score (nSPS) is 10.8. The van der Waals surface area contributed by atoms with Crippen molar-refractivity contribution in [1.29, 1.82) is 0 Å². The van der Waals surface area contributed by atoms with E-state index in [1.807, 2.05) is 18.2 Å². The molecule has 3 nitrogen and oxygen atoms in total. The third-order valence-electron chi connectivity index (χ3n) is 2.77. The molecular weight excluding hydrogens is 343 g/mol. The van der Waals surface area contributed by atoms with Gasteiger partial charge in [-0.2, -0.15) is 0 Å². The first-order chi connectivity index (χ1) is 9.65. The highest BCUT2D eigenvalue weighted by atomic mass is 79.9. The fourth-order valence-corrected chi connectivity index (χ4v) is 3.15. The van der Waals surface area contributed by atoms with Crippen LogP contribution in [0.4, 0.5) is 15.2 Å². The van der Waals surface area contributed by atoms with Gasteiger partial charge in [-0.05, 0) is 52.3 Å². The maximum atomic E-state index is 13.1. The Bertz CT molecular complexity index is 775. The Hall–Kier alpha value is -1.66. The van der Waals surface area contributed by atoms with Gasteiger partial charge in [0.05, 0.1) is 23.0 Å². The van der Waals surface area contributed by atoms with E-state index in [9.17, 15) is 4.39 Å². The number of nitrogens with zero attached hydrogens (tertiary/aromatic N) is 1. The number of methoxy groups -OCH3 is 1. The zero-order valence-electron chi connectivity index (χ0n) is 10.5. The molecule has 1 aromatic heterocycles. The van der Waals surface area contributed by atoms with Crippen LogP contribution >= 0.6 is 27.3 Å². The number of hydrogen-bond acceptors (Lipinski definition) is 4. The second kappa shape index (κ2) is 5.38. The van der Waals surface area contributed by atoms with Crippen LogP contribution in [-0.2, 0) is 0 Å². The average molecular weight is 353 g/mol. The summed E-state index contributed by atoms with van der Waals surface area (Å²) in [6, 6.07) is 10.2. The van der Waals surface area contributed by atoms with E-state index in [1.54, 1.807) is 13.2 Å². The predicted molar refractivity (Wildman–Crippen MR) is 83.6 cm³/mol. The van der Waals surface area contributed by atoms with Crippen LogP contribution in [0.5, 0.6) is 5.75 Å². The van der Waals surface area contributed by atoms with Crippen molar-refractivity contribution in [3.8, 4) is 5.75 Å². The number of halogens is 2. The second-order valence-electron chi connectivity index (χ2n) is 4.10. The quantitative estimate of drug-likeness (QED) is 0.723. The van der Waals surface area contributed by atoms with Crippen LogP contribution in [0.2, 0.25) is 0 Å². The van der Waals surface area contributed by atoms with Crippen LogP contribution < -0.4 is 10.1 Å². The molecule has 0 aliphatic carbocycles. The van der Waals surface area contributed by atoms with Crippen LogP contribution in [-0.4, -0.2) is 12.1 Å². The molecule has 1 heterocycles. The Labute approximate surface area is 127 Å². The maximum Gasteiger partial charge on any atom is 0.188 e. The van der Waals surface area contributed by atoms with Gasteiger partial charge >= 0.3 is 0 Å². The van der Waals surface area contributed by atoms with Gasteiger partial charge < -0.3 is 10.1 Å². The fourth-order valence-electron chi connectivity index (χ4n) is 1.79. The molecule has 2 aromatic carbocycles. The maximum absolute atomic E-state index is 13.1. The van der Waals surface area contributed by atoms with Gasteiger partial charge in [-0.1, -0.05) is 11.3 Å². The molecular formula is C14H10BrFN2OS. The van der Waals surface area contributed by atoms with Gasteiger partial charge in [-0.15, -0.1) is 0 Å². The van der Waals surface area contributed by atoms with E-state index in [2.05, 4.69) is 26.2 Å². The van der Waals surface area contributed by atoms with E-state index in [1.165, 1.54) is 23.5 Å². The first-order valence-corrected chi connectivity index (χ1v) is 7.43.